The third-order valence-electron chi connectivity index (χ3n) is 3.39. The zero-order valence-electron chi connectivity index (χ0n) is 10.2. The van der Waals surface area contributed by atoms with Crippen molar-refractivity contribution in [2.24, 2.45) is 17.6 Å². The molecule has 1 aliphatic rings. The molecule has 2 atom stereocenters. The van der Waals surface area contributed by atoms with E-state index in [1.165, 1.54) is 12.8 Å². The number of nitrogens with one attached hydrogen (secondary N) is 1. The Labute approximate surface area is 98.5 Å². The number of carbonyl (C=O) groups is 1. The molecule has 3 nitrogen and oxygen atoms in total. The molecule has 1 fully saturated rings. The molecule has 0 aromatic rings. The number of hydrogen-bond donors (Lipinski definition) is 2. The van der Waals surface area contributed by atoms with E-state index in [-0.39, 0.29) is 11.8 Å². The monoisotopic (exact) mass is 224 g/mol. The van der Waals surface area contributed by atoms with Crippen molar-refractivity contribution in [1.82, 2.24) is 5.32 Å². The molecule has 0 spiro atoms. The van der Waals surface area contributed by atoms with E-state index in [9.17, 15) is 4.79 Å². The van der Waals surface area contributed by atoms with Gasteiger partial charge in [-0.05, 0) is 38.6 Å². The molecule has 0 heterocycles. The van der Waals surface area contributed by atoms with Crippen molar-refractivity contribution in [3.8, 4) is 0 Å². The molecule has 0 aromatic carbocycles. The third-order valence-corrected chi connectivity index (χ3v) is 3.39. The molecule has 16 heavy (non-hydrogen) atoms. The van der Waals surface area contributed by atoms with Crippen molar-refractivity contribution >= 4 is 5.91 Å². The number of amides is 1. The molecule has 0 bridgehead atoms. The Morgan fingerprint density at radius 3 is 2.88 bits per heavy atom. The zero-order valence-corrected chi connectivity index (χ0v) is 10.2. The standard InChI is InChI=1S/C13H24N2O/c1-2-3-6-9-15-13(16)12-8-5-4-7-11(12)10-14/h2-3,11-12H,4-10,14H2,1H3,(H,15,16)/b3-2+. The van der Waals surface area contributed by atoms with Crippen molar-refractivity contribution in [2.45, 2.75) is 39.0 Å². The Kier molecular flexibility index (Phi) is 6.16. The summed E-state index contributed by atoms with van der Waals surface area (Å²) in [4.78, 5) is 11.9. The van der Waals surface area contributed by atoms with Gasteiger partial charge in [-0.2, -0.15) is 0 Å². The molecular weight excluding hydrogens is 200 g/mol. The lowest BCUT2D eigenvalue weighted by atomic mass is 9.79. The van der Waals surface area contributed by atoms with Crippen LogP contribution in [0.15, 0.2) is 12.2 Å². The predicted molar refractivity (Wildman–Crippen MR) is 66.9 cm³/mol. The highest BCUT2D eigenvalue weighted by atomic mass is 16.1. The van der Waals surface area contributed by atoms with Crippen LogP contribution in [0.4, 0.5) is 0 Å². The van der Waals surface area contributed by atoms with Crippen LogP contribution in [0.1, 0.15) is 39.0 Å². The second-order valence-corrected chi connectivity index (χ2v) is 4.54. The Balaban J connectivity index is 2.32. The summed E-state index contributed by atoms with van der Waals surface area (Å²) >= 11 is 0. The van der Waals surface area contributed by atoms with Crippen LogP contribution in [-0.4, -0.2) is 19.0 Å². The fraction of sp³-hybridized carbons (Fsp3) is 0.769. The first-order valence-corrected chi connectivity index (χ1v) is 6.38. The van der Waals surface area contributed by atoms with Gasteiger partial charge >= 0.3 is 0 Å². The van der Waals surface area contributed by atoms with E-state index in [1.807, 2.05) is 13.0 Å². The second kappa shape index (κ2) is 7.44. The van der Waals surface area contributed by atoms with Crippen molar-refractivity contribution < 1.29 is 4.79 Å². The van der Waals surface area contributed by atoms with Gasteiger partial charge in [-0.1, -0.05) is 25.0 Å². The molecule has 1 aliphatic carbocycles. The Morgan fingerprint density at radius 1 is 1.44 bits per heavy atom. The maximum Gasteiger partial charge on any atom is 0.223 e. The minimum atomic E-state index is 0.157. The van der Waals surface area contributed by atoms with Gasteiger partial charge in [-0.15, -0.1) is 0 Å². The number of carbonyl (C=O) groups excluding carboxylic acids is 1. The lowest BCUT2D eigenvalue weighted by Crippen LogP contribution is -2.39. The average Bonchev–Trinajstić information content (AvgIpc) is 2.34. The normalized spacial score (nSPS) is 25.9. The lowest BCUT2D eigenvalue weighted by molar-refractivity contribution is -0.127. The van der Waals surface area contributed by atoms with Crippen LogP contribution in [0, 0.1) is 11.8 Å². The Bertz CT molecular complexity index is 238. The maximum absolute atomic E-state index is 11.9. The summed E-state index contributed by atoms with van der Waals surface area (Å²) in [6, 6.07) is 0. The van der Waals surface area contributed by atoms with Gasteiger partial charge in [-0.25, -0.2) is 0 Å². The molecule has 0 aromatic heterocycles. The average molecular weight is 224 g/mol. The highest BCUT2D eigenvalue weighted by Crippen LogP contribution is 2.29. The molecular formula is C13H24N2O. The van der Waals surface area contributed by atoms with Crippen LogP contribution in [0.2, 0.25) is 0 Å². The summed E-state index contributed by atoms with van der Waals surface area (Å²) in [5, 5.41) is 3.01. The Morgan fingerprint density at radius 2 is 2.19 bits per heavy atom. The highest BCUT2D eigenvalue weighted by molar-refractivity contribution is 5.79. The number of rotatable bonds is 5. The van der Waals surface area contributed by atoms with Crippen molar-refractivity contribution in [3.63, 3.8) is 0 Å². The highest BCUT2D eigenvalue weighted by Gasteiger charge is 2.29. The van der Waals surface area contributed by atoms with Crippen LogP contribution < -0.4 is 11.1 Å². The van der Waals surface area contributed by atoms with Gasteiger partial charge in [0.2, 0.25) is 5.91 Å². The van der Waals surface area contributed by atoms with Gasteiger partial charge < -0.3 is 11.1 Å². The molecule has 1 amide bonds. The molecule has 92 valence electrons. The maximum atomic E-state index is 11.9. The Hall–Kier alpha value is -0.830. The minimum absolute atomic E-state index is 0.157. The van der Waals surface area contributed by atoms with Crippen molar-refractivity contribution in [2.75, 3.05) is 13.1 Å². The van der Waals surface area contributed by atoms with Crippen LogP contribution in [0.5, 0.6) is 0 Å². The summed E-state index contributed by atoms with van der Waals surface area (Å²) < 4.78 is 0. The summed E-state index contributed by atoms with van der Waals surface area (Å²) in [5.41, 5.74) is 5.72. The van der Waals surface area contributed by atoms with Crippen LogP contribution in [-0.2, 0) is 4.79 Å². The first kappa shape index (κ1) is 13.2. The van der Waals surface area contributed by atoms with Crippen molar-refractivity contribution in [1.29, 1.82) is 0 Å². The smallest absolute Gasteiger partial charge is 0.223 e. The first-order valence-electron chi connectivity index (χ1n) is 6.38. The molecule has 0 aliphatic heterocycles. The lowest BCUT2D eigenvalue weighted by Gasteiger charge is -2.29. The molecule has 3 heteroatoms. The van der Waals surface area contributed by atoms with E-state index in [0.29, 0.717) is 12.5 Å². The summed E-state index contributed by atoms with van der Waals surface area (Å²) in [5.74, 6) is 0.763. The quantitative estimate of drug-likeness (QED) is 0.553. The van der Waals surface area contributed by atoms with Gasteiger partial charge in [-0.3, -0.25) is 4.79 Å². The number of nitrogens with two attached hydrogens (primary N) is 1. The number of hydrogen-bond acceptors (Lipinski definition) is 2. The van der Waals surface area contributed by atoms with E-state index >= 15 is 0 Å². The number of allylic oxidation sites excluding steroid dienone is 1. The second-order valence-electron chi connectivity index (χ2n) is 4.54. The van der Waals surface area contributed by atoms with Gasteiger partial charge in [0.1, 0.15) is 0 Å². The van der Waals surface area contributed by atoms with E-state index in [4.69, 9.17) is 5.73 Å². The summed E-state index contributed by atoms with van der Waals surface area (Å²) in [6.07, 6.45) is 9.52. The molecule has 2 unspecified atom stereocenters. The van der Waals surface area contributed by atoms with Crippen molar-refractivity contribution in [3.05, 3.63) is 12.2 Å². The van der Waals surface area contributed by atoms with Gasteiger partial charge in [0.25, 0.3) is 0 Å². The van der Waals surface area contributed by atoms with Gasteiger partial charge in [0, 0.05) is 12.5 Å². The van der Waals surface area contributed by atoms with E-state index in [2.05, 4.69) is 11.4 Å². The topological polar surface area (TPSA) is 55.1 Å². The van der Waals surface area contributed by atoms with Gasteiger partial charge in [0.15, 0.2) is 0 Å². The predicted octanol–water partition coefficient (Wildman–Crippen LogP) is 1.83. The van der Waals surface area contributed by atoms with Crippen LogP contribution in [0.3, 0.4) is 0 Å². The summed E-state index contributed by atoms with van der Waals surface area (Å²) in [7, 11) is 0. The van der Waals surface area contributed by atoms with Gasteiger partial charge in [0.05, 0.1) is 0 Å². The van der Waals surface area contributed by atoms with Crippen LogP contribution in [0.25, 0.3) is 0 Å². The molecule has 0 radical (unpaired) electrons. The van der Waals surface area contributed by atoms with E-state index < -0.39 is 0 Å². The zero-order chi connectivity index (χ0) is 11.8. The van der Waals surface area contributed by atoms with E-state index in [1.54, 1.807) is 0 Å². The molecule has 1 saturated carbocycles. The SMILES string of the molecule is C/C=C/CCNC(=O)C1CCCCC1CN. The first-order chi connectivity index (χ1) is 7.79. The fourth-order valence-electron chi connectivity index (χ4n) is 2.41. The van der Waals surface area contributed by atoms with Crippen LogP contribution >= 0.6 is 0 Å². The molecule has 0 saturated heterocycles. The summed E-state index contributed by atoms with van der Waals surface area (Å²) in [6.45, 7) is 3.39. The molecule has 1 rings (SSSR count). The minimum Gasteiger partial charge on any atom is -0.356 e. The largest absolute Gasteiger partial charge is 0.356 e. The third kappa shape index (κ3) is 3.97. The molecule has 3 N–H and O–H groups in total. The fourth-order valence-corrected chi connectivity index (χ4v) is 2.41. The van der Waals surface area contributed by atoms with E-state index in [0.717, 1.165) is 25.8 Å².